The summed E-state index contributed by atoms with van der Waals surface area (Å²) in [7, 11) is 0. The molecule has 6 nitrogen and oxygen atoms in total. The number of carbonyl (C=O) groups excluding carboxylic acids is 3. The fourth-order valence-electron chi connectivity index (χ4n) is 2.97. The molecule has 0 bridgehead atoms. The Kier molecular flexibility index (Phi) is 5.51. The summed E-state index contributed by atoms with van der Waals surface area (Å²) in [5, 5.41) is 2.29. The van der Waals surface area contributed by atoms with E-state index in [4.69, 9.17) is 4.74 Å². The average molecular weight is 424 g/mol. The van der Waals surface area contributed by atoms with Crippen LogP contribution in [0.1, 0.15) is 28.4 Å². The van der Waals surface area contributed by atoms with Crippen LogP contribution in [-0.2, 0) is 20.5 Å². The molecule has 0 saturated carbocycles. The number of alkyl halides is 3. The van der Waals surface area contributed by atoms with Crippen LogP contribution in [-0.4, -0.2) is 30.4 Å². The Balaban J connectivity index is 1.84. The van der Waals surface area contributed by atoms with Crippen LogP contribution < -0.4 is 10.2 Å². The van der Waals surface area contributed by atoms with Gasteiger partial charge in [0.15, 0.2) is 6.10 Å². The summed E-state index contributed by atoms with van der Waals surface area (Å²) < 4.78 is 57.3. The zero-order valence-corrected chi connectivity index (χ0v) is 15.8. The Morgan fingerprint density at radius 3 is 2.53 bits per heavy atom. The lowest BCUT2D eigenvalue weighted by atomic mass is 10.1. The first kappa shape index (κ1) is 21.3. The van der Waals surface area contributed by atoms with E-state index in [0.29, 0.717) is 5.56 Å². The number of benzene rings is 2. The van der Waals surface area contributed by atoms with E-state index >= 15 is 0 Å². The summed E-state index contributed by atoms with van der Waals surface area (Å²) >= 11 is 0. The number of nitrogens with one attached hydrogen (secondary N) is 1. The molecule has 0 fully saturated rings. The van der Waals surface area contributed by atoms with E-state index in [-0.39, 0.29) is 16.9 Å². The first-order chi connectivity index (χ1) is 14.0. The minimum Gasteiger partial charge on any atom is -0.449 e. The molecule has 30 heavy (non-hydrogen) atoms. The molecule has 0 radical (unpaired) electrons. The van der Waals surface area contributed by atoms with Gasteiger partial charge < -0.3 is 10.1 Å². The van der Waals surface area contributed by atoms with Gasteiger partial charge >= 0.3 is 12.1 Å². The van der Waals surface area contributed by atoms with Gasteiger partial charge in [0, 0.05) is 0 Å². The van der Waals surface area contributed by atoms with Gasteiger partial charge in [0.1, 0.15) is 12.4 Å². The van der Waals surface area contributed by atoms with Crippen LogP contribution in [0.15, 0.2) is 36.4 Å². The van der Waals surface area contributed by atoms with Crippen molar-refractivity contribution in [2.24, 2.45) is 0 Å². The van der Waals surface area contributed by atoms with E-state index in [9.17, 15) is 31.9 Å². The molecule has 2 amide bonds. The van der Waals surface area contributed by atoms with Crippen LogP contribution in [0.3, 0.4) is 0 Å². The number of anilines is 2. The molecule has 0 aromatic heterocycles. The van der Waals surface area contributed by atoms with E-state index in [1.165, 1.54) is 19.1 Å². The molecule has 10 heteroatoms. The minimum absolute atomic E-state index is 0.0393. The van der Waals surface area contributed by atoms with Crippen LogP contribution >= 0.6 is 0 Å². The number of ether oxygens (including phenoxy) is 1. The van der Waals surface area contributed by atoms with Crippen molar-refractivity contribution < 1.29 is 36.7 Å². The number of aryl methyl sites for hydroxylation is 1. The van der Waals surface area contributed by atoms with Crippen LogP contribution in [0.2, 0.25) is 0 Å². The molecular weight excluding hydrogens is 408 g/mol. The van der Waals surface area contributed by atoms with E-state index in [2.05, 4.69) is 5.32 Å². The molecule has 1 aliphatic rings. The highest BCUT2D eigenvalue weighted by Crippen LogP contribution is 2.37. The van der Waals surface area contributed by atoms with E-state index in [1.807, 2.05) is 0 Å². The van der Waals surface area contributed by atoms with Gasteiger partial charge in [0.2, 0.25) is 5.91 Å². The number of rotatable bonds is 3. The highest BCUT2D eigenvalue weighted by atomic mass is 19.4. The summed E-state index contributed by atoms with van der Waals surface area (Å²) in [6.45, 7) is 2.36. The summed E-state index contributed by atoms with van der Waals surface area (Å²) in [5.74, 6) is -3.11. The predicted octanol–water partition coefficient (Wildman–Crippen LogP) is 3.68. The van der Waals surface area contributed by atoms with E-state index in [1.54, 1.807) is 6.92 Å². The molecule has 2 aromatic carbocycles. The molecule has 1 N–H and O–H groups in total. The SMILES string of the molecule is Cc1ccc(F)cc1C(=O)O[C@H](C)C(=O)N1CC(=O)Nc2cc(C(F)(F)F)ccc21. The Morgan fingerprint density at radius 2 is 1.87 bits per heavy atom. The van der Waals surface area contributed by atoms with Gasteiger partial charge in [-0.05, 0) is 49.7 Å². The fraction of sp³-hybridized carbons (Fsp3) is 0.250. The lowest BCUT2D eigenvalue weighted by Crippen LogP contribution is -2.47. The Bertz CT molecular complexity index is 1040. The molecule has 3 rings (SSSR count). The third-order valence-electron chi connectivity index (χ3n) is 4.51. The second-order valence-corrected chi connectivity index (χ2v) is 6.71. The van der Waals surface area contributed by atoms with Crippen LogP contribution in [0.25, 0.3) is 0 Å². The van der Waals surface area contributed by atoms with Crippen LogP contribution in [0, 0.1) is 12.7 Å². The van der Waals surface area contributed by atoms with Gasteiger partial charge in [-0.1, -0.05) is 6.07 Å². The van der Waals surface area contributed by atoms with Gasteiger partial charge in [0.05, 0.1) is 22.5 Å². The summed E-state index contributed by atoms with van der Waals surface area (Å²) in [6.07, 6.45) is -6.00. The third kappa shape index (κ3) is 4.27. The molecule has 0 unspecified atom stereocenters. The van der Waals surface area contributed by atoms with Crippen molar-refractivity contribution in [2.45, 2.75) is 26.1 Å². The van der Waals surface area contributed by atoms with Gasteiger partial charge in [-0.3, -0.25) is 14.5 Å². The number of nitrogens with zero attached hydrogens (tertiary/aromatic N) is 1. The molecule has 0 saturated heterocycles. The second-order valence-electron chi connectivity index (χ2n) is 6.71. The number of hydrogen-bond donors (Lipinski definition) is 1. The zero-order valence-electron chi connectivity index (χ0n) is 15.8. The normalized spacial score (nSPS) is 14.6. The lowest BCUT2D eigenvalue weighted by molar-refractivity contribution is -0.137. The lowest BCUT2D eigenvalue weighted by Gasteiger charge is -2.31. The summed E-state index contributed by atoms with van der Waals surface area (Å²) in [6, 6.07) is 6.07. The van der Waals surface area contributed by atoms with Crippen LogP contribution in [0.5, 0.6) is 0 Å². The number of halogens is 4. The maximum absolute atomic E-state index is 13.4. The first-order valence-electron chi connectivity index (χ1n) is 8.77. The van der Waals surface area contributed by atoms with Crippen molar-refractivity contribution in [2.75, 3.05) is 16.8 Å². The van der Waals surface area contributed by atoms with Gasteiger partial charge in [-0.25, -0.2) is 9.18 Å². The smallest absolute Gasteiger partial charge is 0.416 e. The topological polar surface area (TPSA) is 75.7 Å². The largest absolute Gasteiger partial charge is 0.449 e. The third-order valence-corrected chi connectivity index (χ3v) is 4.51. The van der Waals surface area contributed by atoms with Gasteiger partial charge in [-0.15, -0.1) is 0 Å². The van der Waals surface area contributed by atoms with Gasteiger partial charge in [0.25, 0.3) is 5.91 Å². The van der Waals surface area contributed by atoms with Crippen molar-refractivity contribution in [3.05, 3.63) is 58.9 Å². The quantitative estimate of drug-likeness (QED) is 0.603. The van der Waals surface area contributed by atoms with Gasteiger partial charge in [-0.2, -0.15) is 13.2 Å². The number of hydrogen-bond acceptors (Lipinski definition) is 4. The second kappa shape index (κ2) is 7.77. The average Bonchev–Trinajstić information content (AvgIpc) is 2.67. The molecule has 2 aromatic rings. The maximum Gasteiger partial charge on any atom is 0.416 e. The number of esters is 1. The van der Waals surface area contributed by atoms with Crippen molar-refractivity contribution in [3.63, 3.8) is 0 Å². The molecular formula is C20H16F4N2O4. The summed E-state index contributed by atoms with van der Waals surface area (Å²) in [5.41, 5.74) is -0.770. The Labute approximate surface area is 168 Å². The van der Waals surface area contributed by atoms with Crippen LogP contribution in [0.4, 0.5) is 28.9 Å². The number of fused-ring (bicyclic) bond motifs is 1. The number of amides is 2. The highest BCUT2D eigenvalue weighted by Gasteiger charge is 2.35. The van der Waals surface area contributed by atoms with E-state index in [0.717, 1.165) is 29.2 Å². The molecule has 1 atom stereocenters. The molecule has 158 valence electrons. The highest BCUT2D eigenvalue weighted by molar-refractivity contribution is 6.11. The zero-order chi connectivity index (χ0) is 22.2. The molecule has 0 spiro atoms. The maximum atomic E-state index is 13.4. The van der Waals surface area contributed by atoms with Crippen molar-refractivity contribution >= 4 is 29.2 Å². The van der Waals surface area contributed by atoms with E-state index < -0.39 is 48.0 Å². The predicted molar refractivity (Wildman–Crippen MR) is 98.4 cm³/mol. The monoisotopic (exact) mass is 424 g/mol. The number of carbonyl (C=O) groups is 3. The van der Waals surface area contributed by atoms with Crippen molar-refractivity contribution in [1.82, 2.24) is 0 Å². The van der Waals surface area contributed by atoms with Crippen molar-refractivity contribution in [1.29, 1.82) is 0 Å². The van der Waals surface area contributed by atoms with Crippen molar-refractivity contribution in [3.8, 4) is 0 Å². The first-order valence-corrected chi connectivity index (χ1v) is 8.77. The fourth-order valence-corrected chi connectivity index (χ4v) is 2.97. The summed E-state index contributed by atoms with van der Waals surface area (Å²) in [4.78, 5) is 37.9. The molecule has 1 heterocycles. The minimum atomic E-state index is -4.63. The molecule has 0 aliphatic carbocycles. The Hall–Kier alpha value is -3.43. The standard InChI is InChI=1S/C20H16F4N2O4/c1-10-3-5-13(21)8-14(10)19(29)30-11(2)18(28)26-9-17(27)25-15-7-12(20(22,23)24)4-6-16(15)26/h3-8,11H,9H2,1-2H3,(H,25,27)/t11-/m1/s1. The molecule has 1 aliphatic heterocycles. The Morgan fingerprint density at radius 1 is 1.17 bits per heavy atom.